The molecule has 2 nitrogen and oxygen atoms in total. The lowest BCUT2D eigenvalue weighted by Gasteiger charge is -2.05. The lowest BCUT2D eigenvalue weighted by Crippen LogP contribution is -2.02. The number of carbonyl (C=O) groups excluding carboxylic acids is 1. The molecule has 0 fully saturated rings. The third kappa shape index (κ3) is 3.21. The monoisotopic (exact) mass is 363 g/mol. The molecule has 0 aliphatic heterocycles. The molecule has 1 aromatic heterocycles. The summed E-state index contributed by atoms with van der Waals surface area (Å²) in [5, 5.41) is 1.61. The number of aromatic amines is 1. The molecule has 25 heavy (non-hydrogen) atoms. The van der Waals surface area contributed by atoms with Crippen LogP contribution in [0.5, 0.6) is 0 Å². The van der Waals surface area contributed by atoms with Crippen molar-refractivity contribution in [3.8, 4) is 0 Å². The summed E-state index contributed by atoms with van der Waals surface area (Å²) < 4.78 is 0. The number of carbonyl (C=O) groups is 1. The van der Waals surface area contributed by atoms with Crippen molar-refractivity contribution in [1.29, 1.82) is 0 Å². The van der Waals surface area contributed by atoms with Crippen LogP contribution < -0.4 is 0 Å². The van der Waals surface area contributed by atoms with Crippen LogP contribution in [0.3, 0.4) is 0 Å². The molecule has 0 saturated carbocycles. The molecule has 0 atom stereocenters. The molecular weight excluding hydrogens is 350 g/mol. The fraction of sp³-hybridized carbons (Fsp3) is 0. The summed E-state index contributed by atoms with van der Waals surface area (Å²) in [5.74, 6) is -0.0219. The van der Waals surface area contributed by atoms with Crippen LogP contribution in [0.2, 0.25) is 5.02 Å². The van der Waals surface area contributed by atoms with Crippen LogP contribution in [0.1, 0.15) is 16.1 Å². The van der Waals surface area contributed by atoms with Crippen molar-refractivity contribution in [1.82, 2.24) is 4.98 Å². The van der Waals surface area contributed by atoms with Gasteiger partial charge in [-0.15, -0.1) is 0 Å². The summed E-state index contributed by atoms with van der Waals surface area (Å²) in [6, 6.07) is 25.0. The molecule has 122 valence electrons. The van der Waals surface area contributed by atoms with Gasteiger partial charge in [-0.1, -0.05) is 71.9 Å². The molecule has 0 aliphatic rings. The zero-order valence-electron chi connectivity index (χ0n) is 13.2. The van der Waals surface area contributed by atoms with Gasteiger partial charge in [0.2, 0.25) is 5.78 Å². The summed E-state index contributed by atoms with van der Waals surface area (Å²) in [7, 11) is 0. The van der Waals surface area contributed by atoms with E-state index in [0.29, 0.717) is 16.3 Å². The first kappa shape index (κ1) is 16.0. The topological polar surface area (TPSA) is 32.9 Å². The maximum Gasteiger partial charge on any atom is 0.210 e. The number of fused-ring (bicyclic) bond motifs is 1. The van der Waals surface area contributed by atoms with E-state index in [1.54, 1.807) is 11.8 Å². The van der Waals surface area contributed by atoms with Crippen molar-refractivity contribution >= 4 is 40.0 Å². The molecular formula is C21H14ClNOS. The van der Waals surface area contributed by atoms with E-state index in [1.807, 2.05) is 78.9 Å². The van der Waals surface area contributed by atoms with Crippen LogP contribution in [-0.2, 0) is 0 Å². The van der Waals surface area contributed by atoms with E-state index >= 15 is 0 Å². The summed E-state index contributed by atoms with van der Waals surface area (Å²) in [6.45, 7) is 0. The normalized spacial score (nSPS) is 10.9. The minimum Gasteiger partial charge on any atom is -0.351 e. The molecule has 0 saturated heterocycles. The van der Waals surface area contributed by atoms with Gasteiger partial charge in [0.25, 0.3) is 0 Å². The standard InChI is InChI=1S/C21H14ClNOS/c22-15-11-12-18-17(13-15)21(25-16-9-5-2-6-10-16)19(23-18)20(24)14-7-3-1-4-8-14/h1-13,23H. The SMILES string of the molecule is O=C(c1ccccc1)c1[nH]c2ccc(Cl)cc2c1Sc1ccccc1. The largest absolute Gasteiger partial charge is 0.351 e. The third-order valence-corrected chi connectivity index (χ3v) is 5.31. The Morgan fingerprint density at radius 3 is 2.28 bits per heavy atom. The Labute approximate surface area is 154 Å². The zero-order valence-corrected chi connectivity index (χ0v) is 14.8. The smallest absolute Gasteiger partial charge is 0.210 e. The van der Waals surface area contributed by atoms with Gasteiger partial charge in [0.1, 0.15) is 5.69 Å². The maximum absolute atomic E-state index is 13.0. The second-order valence-electron chi connectivity index (χ2n) is 5.63. The predicted molar refractivity (Wildman–Crippen MR) is 104 cm³/mol. The zero-order chi connectivity index (χ0) is 17.2. The van der Waals surface area contributed by atoms with Crippen molar-refractivity contribution < 1.29 is 4.79 Å². The Morgan fingerprint density at radius 1 is 0.880 bits per heavy atom. The maximum atomic E-state index is 13.0. The number of nitrogens with one attached hydrogen (secondary N) is 1. The summed E-state index contributed by atoms with van der Waals surface area (Å²) in [6.07, 6.45) is 0. The molecule has 3 aromatic carbocycles. The average Bonchev–Trinajstić information content (AvgIpc) is 3.00. The molecule has 1 N–H and O–H groups in total. The summed E-state index contributed by atoms with van der Waals surface area (Å²) >= 11 is 7.76. The minimum atomic E-state index is -0.0219. The van der Waals surface area contributed by atoms with Gasteiger partial charge in [0.15, 0.2) is 0 Å². The highest BCUT2D eigenvalue weighted by Crippen LogP contribution is 2.38. The Morgan fingerprint density at radius 2 is 1.56 bits per heavy atom. The Kier molecular flexibility index (Phi) is 4.35. The highest BCUT2D eigenvalue weighted by Gasteiger charge is 2.20. The number of benzene rings is 3. The van der Waals surface area contributed by atoms with Crippen molar-refractivity contribution in [2.24, 2.45) is 0 Å². The molecule has 1 heterocycles. The highest BCUT2D eigenvalue weighted by atomic mass is 35.5. The molecule has 0 bridgehead atoms. The summed E-state index contributed by atoms with van der Waals surface area (Å²) in [5.41, 5.74) is 2.16. The number of ketones is 1. The fourth-order valence-corrected chi connectivity index (χ4v) is 3.97. The van der Waals surface area contributed by atoms with E-state index in [4.69, 9.17) is 11.6 Å². The average molecular weight is 364 g/mol. The van der Waals surface area contributed by atoms with Gasteiger partial charge >= 0.3 is 0 Å². The van der Waals surface area contributed by atoms with Gasteiger partial charge in [-0.05, 0) is 30.3 Å². The quantitative estimate of drug-likeness (QED) is 0.437. The number of hydrogen-bond acceptors (Lipinski definition) is 2. The number of aromatic nitrogens is 1. The Hall–Kier alpha value is -2.49. The molecule has 4 aromatic rings. The summed E-state index contributed by atoms with van der Waals surface area (Å²) in [4.78, 5) is 18.3. The van der Waals surface area contributed by atoms with E-state index in [-0.39, 0.29) is 5.78 Å². The first-order chi connectivity index (χ1) is 12.2. The van der Waals surface area contributed by atoms with Crippen LogP contribution in [0.15, 0.2) is 88.7 Å². The first-order valence-corrected chi connectivity index (χ1v) is 9.06. The lowest BCUT2D eigenvalue weighted by molar-refractivity contribution is 0.103. The van der Waals surface area contributed by atoms with E-state index in [1.165, 1.54) is 0 Å². The van der Waals surface area contributed by atoms with Crippen molar-refractivity contribution in [2.75, 3.05) is 0 Å². The van der Waals surface area contributed by atoms with Gasteiger partial charge in [0.05, 0.1) is 0 Å². The second kappa shape index (κ2) is 6.79. The minimum absolute atomic E-state index is 0.0219. The molecule has 4 heteroatoms. The Balaban J connectivity index is 1.88. The number of H-pyrrole nitrogens is 1. The van der Waals surface area contributed by atoms with Crippen molar-refractivity contribution in [2.45, 2.75) is 9.79 Å². The van der Waals surface area contributed by atoms with Gasteiger partial charge in [-0.25, -0.2) is 0 Å². The fourth-order valence-electron chi connectivity index (χ4n) is 2.75. The Bertz CT molecular complexity index is 1040. The van der Waals surface area contributed by atoms with Gasteiger partial charge in [0, 0.05) is 31.3 Å². The third-order valence-electron chi connectivity index (χ3n) is 3.94. The highest BCUT2D eigenvalue weighted by molar-refractivity contribution is 7.99. The van der Waals surface area contributed by atoms with Gasteiger partial charge < -0.3 is 4.98 Å². The van der Waals surface area contributed by atoms with Crippen LogP contribution in [0.25, 0.3) is 10.9 Å². The van der Waals surface area contributed by atoms with E-state index < -0.39 is 0 Å². The van der Waals surface area contributed by atoms with E-state index in [0.717, 1.165) is 20.7 Å². The van der Waals surface area contributed by atoms with Crippen LogP contribution in [0.4, 0.5) is 0 Å². The van der Waals surface area contributed by atoms with Gasteiger partial charge in [-0.2, -0.15) is 0 Å². The van der Waals surface area contributed by atoms with Gasteiger partial charge in [-0.3, -0.25) is 4.79 Å². The molecule has 0 spiro atoms. The predicted octanol–water partition coefficient (Wildman–Crippen LogP) is 6.20. The first-order valence-electron chi connectivity index (χ1n) is 7.86. The van der Waals surface area contributed by atoms with Crippen LogP contribution in [0, 0.1) is 0 Å². The number of rotatable bonds is 4. The van der Waals surface area contributed by atoms with E-state index in [2.05, 4.69) is 4.98 Å². The van der Waals surface area contributed by atoms with Crippen LogP contribution >= 0.6 is 23.4 Å². The second-order valence-corrected chi connectivity index (χ2v) is 7.15. The molecule has 0 radical (unpaired) electrons. The number of hydrogen-bond donors (Lipinski definition) is 1. The van der Waals surface area contributed by atoms with E-state index in [9.17, 15) is 4.79 Å². The molecule has 0 unspecified atom stereocenters. The number of halogens is 1. The molecule has 0 aliphatic carbocycles. The molecule has 4 rings (SSSR count). The van der Waals surface area contributed by atoms with Crippen molar-refractivity contribution in [3.63, 3.8) is 0 Å². The van der Waals surface area contributed by atoms with Crippen molar-refractivity contribution in [3.05, 3.63) is 95.1 Å². The lowest BCUT2D eigenvalue weighted by atomic mass is 10.1. The molecule has 0 amide bonds. The van der Waals surface area contributed by atoms with Crippen LogP contribution in [-0.4, -0.2) is 10.8 Å².